The van der Waals surface area contributed by atoms with E-state index in [4.69, 9.17) is 9.47 Å². The van der Waals surface area contributed by atoms with Crippen LogP contribution >= 0.6 is 12.4 Å². The molecule has 2 aliphatic heterocycles. The van der Waals surface area contributed by atoms with Gasteiger partial charge < -0.3 is 9.47 Å². The first kappa shape index (κ1) is 15.5. The van der Waals surface area contributed by atoms with E-state index in [1.54, 1.807) is 7.11 Å². The molecule has 3 rings (SSSR count). The SMILES string of the molecule is CCCN1CCC[C@@H]2c3cc(OC)ccc3OC[C@@H]21.Cl. The number of ether oxygens (including phenoxy) is 2. The van der Waals surface area contributed by atoms with Gasteiger partial charge in [-0.25, -0.2) is 0 Å². The molecule has 2 aliphatic rings. The molecular weight excluding hydrogens is 274 g/mol. The highest BCUT2D eigenvalue weighted by atomic mass is 35.5. The Labute approximate surface area is 127 Å². The van der Waals surface area contributed by atoms with Crippen molar-refractivity contribution in [2.24, 2.45) is 0 Å². The molecule has 2 heterocycles. The van der Waals surface area contributed by atoms with Gasteiger partial charge in [-0.05, 0) is 50.6 Å². The summed E-state index contributed by atoms with van der Waals surface area (Å²) in [5.74, 6) is 2.61. The number of methoxy groups -OCH3 is 1. The maximum absolute atomic E-state index is 5.97. The molecule has 0 N–H and O–H groups in total. The van der Waals surface area contributed by atoms with Crippen molar-refractivity contribution < 1.29 is 9.47 Å². The Kier molecular flexibility index (Phi) is 5.17. The third kappa shape index (κ3) is 2.75. The molecule has 0 aromatic heterocycles. The van der Waals surface area contributed by atoms with Gasteiger partial charge in [-0.3, -0.25) is 4.90 Å². The molecule has 0 spiro atoms. The summed E-state index contributed by atoms with van der Waals surface area (Å²) in [6.45, 7) is 5.50. The van der Waals surface area contributed by atoms with Gasteiger partial charge in [0.25, 0.3) is 0 Å². The Morgan fingerprint density at radius 1 is 1.40 bits per heavy atom. The minimum absolute atomic E-state index is 0. The van der Waals surface area contributed by atoms with Crippen molar-refractivity contribution in [2.75, 3.05) is 26.8 Å². The second-order valence-electron chi connectivity index (χ2n) is 5.57. The van der Waals surface area contributed by atoms with Gasteiger partial charge in [0.15, 0.2) is 0 Å². The molecule has 0 radical (unpaired) electrons. The molecule has 0 unspecified atom stereocenters. The minimum Gasteiger partial charge on any atom is -0.497 e. The van der Waals surface area contributed by atoms with Crippen LogP contribution in [0, 0.1) is 0 Å². The fourth-order valence-electron chi connectivity index (χ4n) is 3.53. The third-order valence-electron chi connectivity index (χ3n) is 4.43. The maximum atomic E-state index is 5.97. The number of rotatable bonds is 3. The van der Waals surface area contributed by atoms with Gasteiger partial charge in [0, 0.05) is 11.5 Å². The van der Waals surface area contributed by atoms with Crippen LogP contribution in [0.15, 0.2) is 18.2 Å². The van der Waals surface area contributed by atoms with Crippen LogP contribution in [-0.4, -0.2) is 37.7 Å². The molecule has 0 amide bonds. The van der Waals surface area contributed by atoms with Crippen LogP contribution < -0.4 is 9.47 Å². The zero-order valence-corrected chi connectivity index (χ0v) is 13.1. The molecule has 3 nitrogen and oxygen atoms in total. The fourth-order valence-corrected chi connectivity index (χ4v) is 3.53. The van der Waals surface area contributed by atoms with Crippen molar-refractivity contribution in [1.29, 1.82) is 0 Å². The van der Waals surface area contributed by atoms with Crippen molar-refractivity contribution >= 4 is 12.4 Å². The van der Waals surface area contributed by atoms with Gasteiger partial charge in [-0.2, -0.15) is 0 Å². The molecule has 1 aromatic carbocycles. The normalized spacial score (nSPS) is 24.9. The number of benzene rings is 1. The largest absolute Gasteiger partial charge is 0.497 e. The van der Waals surface area contributed by atoms with Crippen LogP contribution in [0.4, 0.5) is 0 Å². The summed E-state index contributed by atoms with van der Waals surface area (Å²) in [7, 11) is 1.73. The molecule has 0 bridgehead atoms. The van der Waals surface area contributed by atoms with Crippen LogP contribution in [0.5, 0.6) is 11.5 Å². The van der Waals surface area contributed by atoms with Crippen molar-refractivity contribution in [2.45, 2.75) is 38.1 Å². The lowest BCUT2D eigenvalue weighted by Gasteiger charge is -2.44. The number of nitrogens with zero attached hydrogens (tertiary/aromatic N) is 1. The average molecular weight is 298 g/mol. The maximum Gasteiger partial charge on any atom is 0.123 e. The van der Waals surface area contributed by atoms with Gasteiger partial charge in [-0.15, -0.1) is 12.4 Å². The molecule has 4 heteroatoms. The van der Waals surface area contributed by atoms with E-state index in [-0.39, 0.29) is 12.4 Å². The predicted octanol–water partition coefficient (Wildman–Crippen LogP) is 3.47. The van der Waals surface area contributed by atoms with Gasteiger partial charge in [-0.1, -0.05) is 6.92 Å². The van der Waals surface area contributed by atoms with Crippen molar-refractivity contribution in [1.82, 2.24) is 4.90 Å². The Morgan fingerprint density at radius 3 is 3.00 bits per heavy atom. The molecule has 1 fully saturated rings. The number of halogens is 1. The van der Waals surface area contributed by atoms with E-state index in [1.807, 2.05) is 6.07 Å². The fraction of sp³-hybridized carbons (Fsp3) is 0.625. The van der Waals surface area contributed by atoms with Crippen LogP contribution in [0.3, 0.4) is 0 Å². The lowest BCUT2D eigenvalue weighted by Crippen LogP contribution is -2.49. The van der Waals surface area contributed by atoms with E-state index in [2.05, 4.69) is 24.0 Å². The summed E-state index contributed by atoms with van der Waals surface area (Å²) in [6.07, 6.45) is 3.78. The summed E-state index contributed by atoms with van der Waals surface area (Å²) < 4.78 is 11.3. The summed E-state index contributed by atoms with van der Waals surface area (Å²) in [5, 5.41) is 0. The summed E-state index contributed by atoms with van der Waals surface area (Å²) in [5.41, 5.74) is 1.34. The first-order chi connectivity index (χ1) is 9.33. The summed E-state index contributed by atoms with van der Waals surface area (Å²) in [6, 6.07) is 6.77. The van der Waals surface area contributed by atoms with Crippen LogP contribution in [-0.2, 0) is 0 Å². The highest BCUT2D eigenvalue weighted by Gasteiger charge is 2.37. The highest BCUT2D eigenvalue weighted by molar-refractivity contribution is 5.85. The Hall–Kier alpha value is -0.930. The monoisotopic (exact) mass is 297 g/mol. The molecule has 1 saturated heterocycles. The zero-order chi connectivity index (χ0) is 13.2. The predicted molar refractivity (Wildman–Crippen MR) is 83.4 cm³/mol. The standard InChI is InChI=1S/C16H23NO2.ClH/c1-3-8-17-9-4-5-13-14-10-12(18-2)6-7-16(14)19-11-15(13)17;/h6-7,10,13,15H,3-5,8-9,11H2,1-2H3;1H/t13-,15+;/m1./s1. The number of hydrogen-bond donors (Lipinski definition) is 0. The molecular formula is C16H24ClNO2. The lowest BCUT2D eigenvalue weighted by atomic mass is 9.81. The number of fused-ring (bicyclic) bond motifs is 3. The van der Waals surface area contributed by atoms with Gasteiger partial charge in [0.2, 0.25) is 0 Å². The van der Waals surface area contributed by atoms with E-state index in [1.165, 1.54) is 37.9 Å². The smallest absolute Gasteiger partial charge is 0.123 e. The van der Waals surface area contributed by atoms with E-state index in [0.717, 1.165) is 18.1 Å². The van der Waals surface area contributed by atoms with Crippen molar-refractivity contribution in [3.63, 3.8) is 0 Å². The quantitative estimate of drug-likeness (QED) is 0.853. The minimum atomic E-state index is 0. The first-order valence-corrected chi connectivity index (χ1v) is 7.38. The molecule has 0 aliphatic carbocycles. The summed E-state index contributed by atoms with van der Waals surface area (Å²) in [4.78, 5) is 2.61. The van der Waals surface area contributed by atoms with Gasteiger partial charge in [0.05, 0.1) is 13.2 Å². The zero-order valence-electron chi connectivity index (χ0n) is 12.3. The molecule has 2 atom stereocenters. The van der Waals surface area contributed by atoms with E-state index in [9.17, 15) is 0 Å². The Morgan fingerprint density at radius 2 is 2.25 bits per heavy atom. The second kappa shape index (κ2) is 6.68. The molecule has 1 aromatic rings. The molecule has 112 valence electrons. The Balaban J connectivity index is 0.00000147. The lowest BCUT2D eigenvalue weighted by molar-refractivity contribution is 0.0658. The number of piperidine rings is 1. The average Bonchev–Trinajstić information content (AvgIpc) is 2.47. The van der Waals surface area contributed by atoms with E-state index >= 15 is 0 Å². The van der Waals surface area contributed by atoms with Gasteiger partial charge >= 0.3 is 0 Å². The van der Waals surface area contributed by atoms with Gasteiger partial charge in [0.1, 0.15) is 18.1 Å². The molecule has 0 saturated carbocycles. The topological polar surface area (TPSA) is 21.7 Å². The van der Waals surface area contributed by atoms with E-state index < -0.39 is 0 Å². The van der Waals surface area contributed by atoms with Crippen LogP contribution in [0.2, 0.25) is 0 Å². The molecule has 20 heavy (non-hydrogen) atoms. The number of hydrogen-bond acceptors (Lipinski definition) is 3. The Bertz CT molecular complexity index is 450. The highest BCUT2D eigenvalue weighted by Crippen LogP contribution is 2.42. The van der Waals surface area contributed by atoms with Crippen LogP contribution in [0.25, 0.3) is 0 Å². The summed E-state index contributed by atoms with van der Waals surface area (Å²) >= 11 is 0. The number of likely N-dealkylation sites (tertiary alicyclic amines) is 1. The van der Waals surface area contributed by atoms with Crippen molar-refractivity contribution in [3.8, 4) is 11.5 Å². The first-order valence-electron chi connectivity index (χ1n) is 7.38. The second-order valence-corrected chi connectivity index (χ2v) is 5.57. The van der Waals surface area contributed by atoms with Crippen molar-refractivity contribution in [3.05, 3.63) is 23.8 Å². The third-order valence-corrected chi connectivity index (χ3v) is 4.43. The van der Waals surface area contributed by atoms with Crippen LogP contribution in [0.1, 0.15) is 37.7 Å². The van der Waals surface area contributed by atoms with E-state index in [0.29, 0.717) is 12.0 Å².